The molecule has 2 aliphatic carbocycles. The maximum Gasteiger partial charge on any atom is 0.180 e. The highest BCUT2D eigenvalue weighted by molar-refractivity contribution is 6.32. The minimum absolute atomic E-state index is 0.0603. The molecule has 0 saturated carbocycles. The average molecular weight is 416 g/mol. The fourth-order valence-corrected chi connectivity index (χ4v) is 4.91. The summed E-state index contributed by atoms with van der Waals surface area (Å²) in [7, 11) is 1.57. The van der Waals surface area contributed by atoms with Crippen LogP contribution in [0.4, 0.5) is 0 Å². The lowest BCUT2D eigenvalue weighted by Crippen LogP contribution is -2.42. The van der Waals surface area contributed by atoms with E-state index in [9.17, 15) is 9.59 Å². The summed E-state index contributed by atoms with van der Waals surface area (Å²) in [5.74, 6) is 0.525. The van der Waals surface area contributed by atoms with E-state index < -0.39 is 0 Å². The molecular weight excluding hydrogens is 390 g/mol. The molecule has 2 atom stereocenters. The number of methoxy groups -OCH3 is 1. The maximum atomic E-state index is 12.9. The molecule has 0 aromatic heterocycles. The Morgan fingerprint density at radius 1 is 1.14 bits per heavy atom. The minimum atomic E-state index is -0.387. The number of ether oxygens (including phenoxy) is 2. The number of halogens is 1. The van der Waals surface area contributed by atoms with Crippen LogP contribution >= 0.6 is 11.6 Å². The summed E-state index contributed by atoms with van der Waals surface area (Å²) in [6, 6.07) is 3.69. The Labute approximate surface area is 176 Å². The van der Waals surface area contributed by atoms with Gasteiger partial charge < -0.3 is 14.8 Å². The Kier molecular flexibility index (Phi) is 5.43. The van der Waals surface area contributed by atoms with Crippen LogP contribution in [-0.4, -0.2) is 24.8 Å². The van der Waals surface area contributed by atoms with Crippen LogP contribution < -0.4 is 14.8 Å². The van der Waals surface area contributed by atoms with E-state index in [2.05, 4.69) is 11.4 Å². The van der Waals surface area contributed by atoms with E-state index in [1.807, 2.05) is 26.0 Å². The highest BCUT2D eigenvalue weighted by Crippen LogP contribution is 2.49. The normalized spacial score (nSPS) is 24.0. The van der Waals surface area contributed by atoms with Crippen LogP contribution in [0.15, 0.2) is 35.2 Å². The Balaban J connectivity index is 1.89. The average Bonchev–Trinajstić information content (AvgIpc) is 2.68. The summed E-state index contributed by atoms with van der Waals surface area (Å²) in [5.41, 5.74) is 3.40. The Morgan fingerprint density at radius 2 is 1.93 bits per heavy atom. The topological polar surface area (TPSA) is 64.6 Å². The molecule has 3 aliphatic rings. The smallest absolute Gasteiger partial charge is 0.180 e. The number of carbonyl (C=O) groups is 2. The standard InChI is InChI=1S/C23H26ClNO4/c1-12(2)29-23-14(24)10-13(11-19(23)28-3)20-21-15(6-4-8-17(21)26)25-16-7-5-9-18(27)22(16)20/h6,10-12,20-21,25H,4-5,7-9H2,1-3H3. The van der Waals surface area contributed by atoms with Gasteiger partial charge in [0, 0.05) is 35.7 Å². The van der Waals surface area contributed by atoms with Crippen molar-refractivity contribution in [3.05, 3.63) is 45.8 Å². The Hall–Kier alpha value is -2.27. The van der Waals surface area contributed by atoms with E-state index in [1.54, 1.807) is 7.11 Å². The fourth-order valence-electron chi connectivity index (χ4n) is 4.64. The number of rotatable bonds is 4. The lowest BCUT2D eigenvalue weighted by Gasteiger charge is -2.40. The summed E-state index contributed by atoms with van der Waals surface area (Å²) in [4.78, 5) is 25.9. The molecule has 1 aromatic rings. The number of hydrogen-bond donors (Lipinski definition) is 1. The summed E-state index contributed by atoms with van der Waals surface area (Å²) >= 11 is 6.58. The van der Waals surface area contributed by atoms with Crippen molar-refractivity contribution in [2.75, 3.05) is 7.11 Å². The number of hydrogen-bond acceptors (Lipinski definition) is 5. The Bertz CT molecular complexity index is 931. The predicted molar refractivity (Wildman–Crippen MR) is 111 cm³/mol. The summed E-state index contributed by atoms with van der Waals surface area (Å²) in [6.45, 7) is 3.85. The zero-order chi connectivity index (χ0) is 20.7. The van der Waals surface area contributed by atoms with E-state index in [4.69, 9.17) is 21.1 Å². The first-order valence-electron chi connectivity index (χ1n) is 10.2. The molecule has 0 amide bonds. The van der Waals surface area contributed by atoms with Crippen LogP contribution in [0.25, 0.3) is 0 Å². The molecule has 1 aromatic carbocycles. The maximum absolute atomic E-state index is 12.9. The van der Waals surface area contributed by atoms with Crippen molar-refractivity contribution < 1.29 is 19.1 Å². The largest absolute Gasteiger partial charge is 0.493 e. The van der Waals surface area contributed by atoms with Gasteiger partial charge in [-0.25, -0.2) is 0 Å². The van der Waals surface area contributed by atoms with Crippen LogP contribution in [0.3, 0.4) is 0 Å². The van der Waals surface area contributed by atoms with Gasteiger partial charge in [-0.1, -0.05) is 17.7 Å². The van der Waals surface area contributed by atoms with Gasteiger partial charge in [-0.2, -0.15) is 0 Å². The second-order valence-corrected chi connectivity index (χ2v) is 8.52. The van der Waals surface area contributed by atoms with Gasteiger partial charge in [0.25, 0.3) is 0 Å². The predicted octanol–water partition coefficient (Wildman–Crippen LogP) is 4.69. The summed E-state index contributed by atoms with van der Waals surface area (Å²) < 4.78 is 11.4. The number of fused-ring (bicyclic) bond motifs is 1. The van der Waals surface area contributed by atoms with Gasteiger partial charge >= 0.3 is 0 Å². The number of benzene rings is 1. The lowest BCUT2D eigenvalue weighted by atomic mass is 9.68. The molecule has 0 spiro atoms. The number of ketones is 2. The minimum Gasteiger partial charge on any atom is -0.493 e. The second kappa shape index (κ2) is 7.86. The Morgan fingerprint density at radius 3 is 2.66 bits per heavy atom. The fraction of sp³-hybridized carbons (Fsp3) is 0.478. The van der Waals surface area contributed by atoms with Crippen LogP contribution in [0.1, 0.15) is 57.4 Å². The molecule has 2 unspecified atom stereocenters. The van der Waals surface area contributed by atoms with Crippen molar-refractivity contribution in [3.8, 4) is 11.5 Å². The van der Waals surface area contributed by atoms with E-state index in [-0.39, 0.29) is 29.5 Å². The molecule has 1 N–H and O–H groups in total. The van der Waals surface area contributed by atoms with Gasteiger partial charge in [0.1, 0.15) is 5.78 Å². The molecule has 0 fully saturated rings. The van der Waals surface area contributed by atoms with Crippen molar-refractivity contribution in [1.82, 2.24) is 5.32 Å². The van der Waals surface area contributed by atoms with Crippen LogP contribution in [0, 0.1) is 5.92 Å². The first-order chi connectivity index (χ1) is 13.9. The van der Waals surface area contributed by atoms with Gasteiger partial charge in [-0.05, 0) is 50.8 Å². The number of nitrogens with one attached hydrogen (secondary N) is 1. The van der Waals surface area contributed by atoms with Gasteiger partial charge in [0.05, 0.1) is 24.2 Å². The third kappa shape index (κ3) is 3.57. The first-order valence-corrected chi connectivity index (χ1v) is 10.6. The SMILES string of the molecule is COc1cc(C2C3=C(CCCC3=O)NC3=CCCC(=O)C32)cc(Cl)c1OC(C)C. The summed E-state index contributed by atoms with van der Waals surface area (Å²) in [6.07, 6.45) is 5.40. The zero-order valence-corrected chi connectivity index (χ0v) is 17.8. The van der Waals surface area contributed by atoms with Crippen molar-refractivity contribution in [3.63, 3.8) is 0 Å². The van der Waals surface area contributed by atoms with Crippen molar-refractivity contribution >= 4 is 23.2 Å². The molecule has 4 rings (SSSR count). The zero-order valence-electron chi connectivity index (χ0n) is 17.0. The lowest BCUT2D eigenvalue weighted by molar-refractivity contribution is -0.123. The molecule has 29 heavy (non-hydrogen) atoms. The second-order valence-electron chi connectivity index (χ2n) is 8.11. The van der Waals surface area contributed by atoms with Crippen molar-refractivity contribution in [2.45, 2.75) is 58.0 Å². The van der Waals surface area contributed by atoms with E-state index >= 15 is 0 Å². The number of allylic oxidation sites excluding steroid dienone is 4. The van der Waals surface area contributed by atoms with Crippen LogP contribution in [0.5, 0.6) is 11.5 Å². The van der Waals surface area contributed by atoms with E-state index in [0.717, 1.165) is 41.8 Å². The molecule has 1 aliphatic heterocycles. The van der Waals surface area contributed by atoms with Gasteiger partial charge in [-0.3, -0.25) is 9.59 Å². The molecule has 154 valence electrons. The van der Waals surface area contributed by atoms with Crippen molar-refractivity contribution in [2.24, 2.45) is 5.92 Å². The van der Waals surface area contributed by atoms with Crippen LogP contribution in [-0.2, 0) is 9.59 Å². The molecule has 0 radical (unpaired) electrons. The molecule has 0 saturated heterocycles. The molecule has 5 nitrogen and oxygen atoms in total. The van der Waals surface area contributed by atoms with Gasteiger partial charge in [-0.15, -0.1) is 0 Å². The van der Waals surface area contributed by atoms with E-state index in [1.165, 1.54) is 0 Å². The molecule has 6 heteroatoms. The van der Waals surface area contributed by atoms with Crippen molar-refractivity contribution in [1.29, 1.82) is 0 Å². The van der Waals surface area contributed by atoms with Crippen LogP contribution in [0.2, 0.25) is 5.02 Å². The van der Waals surface area contributed by atoms with Gasteiger partial charge in [0.2, 0.25) is 0 Å². The monoisotopic (exact) mass is 415 g/mol. The third-order valence-corrected chi connectivity index (χ3v) is 6.08. The number of carbonyl (C=O) groups excluding carboxylic acids is 2. The molecule has 1 heterocycles. The van der Waals surface area contributed by atoms with E-state index in [0.29, 0.717) is 29.4 Å². The molecule has 0 bridgehead atoms. The highest BCUT2D eigenvalue weighted by Gasteiger charge is 2.44. The number of Topliss-reactive ketones (excluding diaryl/α,β-unsaturated/α-hetero) is 2. The highest BCUT2D eigenvalue weighted by atomic mass is 35.5. The first kappa shape index (κ1) is 20.0. The van der Waals surface area contributed by atoms with Gasteiger partial charge in [0.15, 0.2) is 17.3 Å². The summed E-state index contributed by atoms with van der Waals surface area (Å²) in [5, 5.41) is 3.83. The quantitative estimate of drug-likeness (QED) is 0.772. The molecular formula is C23H26ClNO4. The third-order valence-electron chi connectivity index (χ3n) is 5.80.